The topological polar surface area (TPSA) is 37.0 Å². The molecule has 102 valence electrons. The van der Waals surface area contributed by atoms with E-state index in [1.807, 2.05) is 48.5 Å². The summed E-state index contributed by atoms with van der Waals surface area (Å²) >= 11 is 6.39. The number of aromatic amines is 1. The van der Waals surface area contributed by atoms with Crippen molar-refractivity contribution >= 4 is 28.2 Å². The van der Waals surface area contributed by atoms with Gasteiger partial charge in [0.25, 0.3) is 0 Å². The lowest BCUT2D eigenvalue weighted by Gasteiger charge is -2.07. The number of anilines is 1. The molecule has 0 bridgehead atoms. The summed E-state index contributed by atoms with van der Waals surface area (Å²) in [6, 6.07) is 15.8. The van der Waals surface area contributed by atoms with Crippen molar-refractivity contribution in [2.24, 2.45) is 0 Å². The summed E-state index contributed by atoms with van der Waals surface area (Å²) in [4.78, 5) is 3.34. The van der Waals surface area contributed by atoms with Crippen LogP contribution < -0.4 is 10.1 Å². The number of para-hydroxylation sites is 1. The average molecular weight is 287 g/mol. The van der Waals surface area contributed by atoms with E-state index in [2.05, 4.69) is 10.3 Å². The zero-order chi connectivity index (χ0) is 13.9. The standard InChI is InChI=1S/C16H15ClN2O/c1-20-12-6-4-5-11(9-12)18-10-15-16(17)13-7-2-3-8-14(13)19-15/h2-9,18-19H,10H2,1H3. The maximum atomic E-state index is 6.39. The molecule has 20 heavy (non-hydrogen) atoms. The first kappa shape index (κ1) is 12.9. The second-order valence-electron chi connectivity index (χ2n) is 4.55. The smallest absolute Gasteiger partial charge is 0.120 e. The highest BCUT2D eigenvalue weighted by molar-refractivity contribution is 6.36. The molecule has 3 nitrogen and oxygen atoms in total. The number of hydrogen-bond donors (Lipinski definition) is 2. The monoisotopic (exact) mass is 286 g/mol. The van der Waals surface area contributed by atoms with Crippen molar-refractivity contribution in [1.82, 2.24) is 4.98 Å². The molecule has 0 unspecified atom stereocenters. The van der Waals surface area contributed by atoms with Crippen LogP contribution in [0.1, 0.15) is 5.69 Å². The van der Waals surface area contributed by atoms with Crippen LogP contribution in [0.3, 0.4) is 0 Å². The van der Waals surface area contributed by atoms with Gasteiger partial charge >= 0.3 is 0 Å². The molecular formula is C16H15ClN2O. The SMILES string of the molecule is COc1cccc(NCc2[nH]c3ccccc3c2Cl)c1. The summed E-state index contributed by atoms with van der Waals surface area (Å²) in [7, 11) is 1.66. The minimum Gasteiger partial charge on any atom is -0.497 e. The zero-order valence-corrected chi connectivity index (χ0v) is 11.9. The third-order valence-corrected chi connectivity index (χ3v) is 3.68. The number of aromatic nitrogens is 1. The lowest BCUT2D eigenvalue weighted by Crippen LogP contribution is -2.00. The molecule has 0 aliphatic rings. The molecule has 4 heteroatoms. The van der Waals surface area contributed by atoms with E-state index in [0.717, 1.165) is 33.1 Å². The second kappa shape index (κ2) is 5.47. The van der Waals surface area contributed by atoms with Crippen molar-refractivity contribution in [3.8, 4) is 5.75 Å². The van der Waals surface area contributed by atoms with Gasteiger partial charge in [0, 0.05) is 22.7 Å². The van der Waals surface area contributed by atoms with Gasteiger partial charge in [0.2, 0.25) is 0 Å². The fourth-order valence-electron chi connectivity index (χ4n) is 2.21. The highest BCUT2D eigenvalue weighted by Gasteiger charge is 2.08. The van der Waals surface area contributed by atoms with Crippen LogP contribution in [0.5, 0.6) is 5.75 Å². The Labute approximate surface area is 122 Å². The van der Waals surface area contributed by atoms with E-state index < -0.39 is 0 Å². The Morgan fingerprint density at radius 1 is 1.15 bits per heavy atom. The van der Waals surface area contributed by atoms with E-state index in [1.54, 1.807) is 7.11 Å². The summed E-state index contributed by atoms with van der Waals surface area (Å²) in [6.07, 6.45) is 0. The van der Waals surface area contributed by atoms with Crippen LogP contribution in [0.2, 0.25) is 5.02 Å². The van der Waals surface area contributed by atoms with E-state index in [0.29, 0.717) is 6.54 Å². The van der Waals surface area contributed by atoms with Crippen molar-refractivity contribution in [2.75, 3.05) is 12.4 Å². The number of ether oxygens (including phenoxy) is 1. The average Bonchev–Trinajstić information content (AvgIpc) is 2.82. The molecule has 0 fully saturated rings. The molecule has 1 aromatic heterocycles. The molecule has 3 rings (SSSR count). The number of halogens is 1. The molecule has 0 saturated carbocycles. The van der Waals surface area contributed by atoms with Gasteiger partial charge in [-0.15, -0.1) is 0 Å². The summed E-state index contributed by atoms with van der Waals surface area (Å²) in [5.41, 5.74) is 3.04. The molecular weight excluding hydrogens is 272 g/mol. The normalized spacial score (nSPS) is 10.7. The minimum atomic E-state index is 0.640. The Bertz CT molecular complexity index is 736. The van der Waals surface area contributed by atoms with Gasteiger partial charge in [-0.05, 0) is 18.2 Å². The van der Waals surface area contributed by atoms with Crippen molar-refractivity contribution in [3.63, 3.8) is 0 Å². The molecule has 0 aliphatic heterocycles. The van der Waals surface area contributed by atoms with Gasteiger partial charge in [-0.2, -0.15) is 0 Å². The van der Waals surface area contributed by atoms with Crippen molar-refractivity contribution in [2.45, 2.75) is 6.54 Å². The Balaban J connectivity index is 1.81. The number of benzene rings is 2. The van der Waals surface area contributed by atoms with Crippen molar-refractivity contribution in [1.29, 1.82) is 0 Å². The number of nitrogens with one attached hydrogen (secondary N) is 2. The van der Waals surface area contributed by atoms with Gasteiger partial charge in [-0.3, -0.25) is 0 Å². The van der Waals surface area contributed by atoms with E-state index >= 15 is 0 Å². The van der Waals surface area contributed by atoms with Crippen LogP contribution in [0.4, 0.5) is 5.69 Å². The summed E-state index contributed by atoms with van der Waals surface area (Å²) < 4.78 is 5.20. The molecule has 3 aromatic rings. The zero-order valence-electron chi connectivity index (χ0n) is 11.1. The van der Waals surface area contributed by atoms with Gasteiger partial charge in [0.1, 0.15) is 5.75 Å². The van der Waals surface area contributed by atoms with Crippen molar-refractivity contribution < 1.29 is 4.74 Å². The van der Waals surface area contributed by atoms with Gasteiger partial charge in [0.15, 0.2) is 0 Å². The largest absolute Gasteiger partial charge is 0.497 e. The fraction of sp³-hybridized carbons (Fsp3) is 0.125. The van der Waals surface area contributed by atoms with E-state index in [9.17, 15) is 0 Å². The third kappa shape index (κ3) is 2.45. The molecule has 2 aromatic carbocycles. The summed E-state index contributed by atoms with van der Waals surface area (Å²) in [6.45, 7) is 0.640. The van der Waals surface area contributed by atoms with Crippen LogP contribution in [-0.2, 0) is 6.54 Å². The van der Waals surface area contributed by atoms with Gasteiger partial charge in [-0.1, -0.05) is 35.9 Å². The number of methoxy groups -OCH3 is 1. The lowest BCUT2D eigenvalue weighted by molar-refractivity contribution is 0.415. The quantitative estimate of drug-likeness (QED) is 0.744. The first-order chi connectivity index (χ1) is 9.78. The first-order valence-corrected chi connectivity index (χ1v) is 6.79. The Morgan fingerprint density at radius 3 is 2.80 bits per heavy atom. The number of rotatable bonds is 4. The number of hydrogen-bond acceptors (Lipinski definition) is 2. The van der Waals surface area contributed by atoms with Crippen molar-refractivity contribution in [3.05, 3.63) is 59.2 Å². The fourth-order valence-corrected chi connectivity index (χ4v) is 2.49. The Hall–Kier alpha value is -2.13. The van der Waals surface area contributed by atoms with Crippen LogP contribution in [0.25, 0.3) is 10.9 Å². The Kier molecular flexibility index (Phi) is 3.52. The van der Waals surface area contributed by atoms with E-state index in [1.165, 1.54) is 0 Å². The molecule has 1 heterocycles. The van der Waals surface area contributed by atoms with Gasteiger partial charge in [-0.25, -0.2) is 0 Å². The van der Waals surface area contributed by atoms with E-state index in [4.69, 9.17) is 16.3 Å². The van der Waals surface area contributed by atoms with Crippen LogP contribution >= 0.6 is 11.6 Å². The van der Waals surface area contributed by atoms with E-state index in [-0.39, 0.29) is 0 Å². The molecule has 0 spiro atoms. The predicted molar refractivity (Wildman–Crippen MR) is 83.6 cm³/mol. The third-order valence-electron chi connectivity index (χ3n) is 3.25. The molecule has 0 aliphatic carbocycles. The summed E-state index contributed by atoms with van der Waals surface area (Å²) in [5.74, 6) is 0.831. The Morgan fingerprint density at radius 2 is 2.00 bits per heavy atom. The second-order valence-corrected chi connectivity index (χ2v) is 4.93. The highest BCUT2D eigenvalue weighted by atomic mass is 35.5. The molecule has 0 atom stereocenters. The highest BCUT2D eigenvalue weighted by Crippen LogP contribution is 2.28. The predicted octanol–water partition coefficient (Wildman–Crippen LogP) is 4.44. The maximum absolute atomic E-state index is 6.39. The molecule has 2 N–H and O–H groups in total. The first-order valence-electron chi connectivity index (χ1n) is 6.41. The molecule has 0 amide bonds. The van der Waals surface area contributed by atoms with Gasteiger partial charge in [0.05, 0.1) is 24.4 Å². The van der Waals surface area contributed by atoms with Crippen LogP contribution in [0.15, 0.2) is 48.5 Å². The summed E-state index contributed by atoms with van der Waals surface area (Å²) in [5, 5.41) is 5.17. The van der Waals surface area contributed by atoms with Crippen LogP contribution in [0, 0.1) is 0 Å². The molecule has 0 saturated heterocycles. The van der Waals surface area contributed by atoms with Gasteiger partial charge < -0.3 is 15.0 Å². The molecule has 0 radical (unpaired) electrons. The van der Waals surface area contributed by atoms with Crippen LogP contribution in [-0.4, -0.2) is 12.1 Å². The maximum Gasteiger partial charge on any atom is 0.120 e. The minimum absolute atomic E-state index is 0.640. The lowest BCUT2D eigenvalue weighted by atomic mass is 10.2. The number of fused-ring (bicyclic) bond motifs is 1. The number of H-pyrrole nitrogens is 1.